The minimum atomic E-state index is -3.12. The molecule has 0 amide bonds. The summed E-state index contributed by atoms with van der Waals surface area (Å²) in [5, 5.41) is 0. The molecule has 0 unspecified atom stereocenters. The predicted octanol–water partition coefficient (Wildman–Crippen LogP) is 0.665. The fourth-order valence-corrected chi connectivity index (χ4v) is 0.285. The fourth-order valence-electron chi connectivity index (χ4n) is 0.285. The van der Waals surface area contributed by atoms with Gasteiger partial charge in [-0.1, -0.05) is 0 Å². The first-order chi connectivity index (χ1) is 5.41. The Morgan fingerprint density at radius 2 is 1.42 bits per heavy atom. The van der Waals surface area contributed by atoms with Crippen molar-refractivity contribution >= 4 is 26.4 Å². The van der Waals surface area contributed by atoms with Crippen molar-refractivity contribution in [3.63, 3.8) is 0 Å². The topological polar surface area (TPSA) is 71.4 Å². The third-order valence-corrected chi connectivity index (χ3v) is 0.644. The Kier molecular flexibility index (Phi) is 10.4. The second-order valence-electron chi connectivity index (χ2n) is 2.56. The number of hydrogen-bond donors (Lipinski definition) is 1. The van der Waals surface area contributed by atoms with Crippen molar-refractivity contribution in [2.75, 3.05) is 0 Å². The van der Waals surface area contributed by atoms with Gasteiger partial charge in [-0.15, -0.1) is 0 Å². The van der Waals surface area contributed by atoms with E-state index in [4.69, 9.17) is 4.10 Å². The quantitative estimate of drug-likeness (QED) is 0.443. The summed E-state index contributed by atoms with van der Waals surface area (Å²) in [4.78, 5) is 19.1. The number of unbranched alkanes of at least 4 members (excludes halogenated alkanes) is 2. The molecule has 0 bridgehead atoms. The van der Waals surface area contributed by atoms with E-state index in [-0.39, 0.29) is 0 Å². The van der Waals surface area contributed by atoms with E-state index in [0.717, 1.165) is 12.6 Å². The molecule has 4 nitrogen and oxygen atoms in total. The average molecular weight is 238 g/mol. The largest absolute Gasteiger partial charge is 0.303 e. The van der Waals surface area contributed by atoms with Gasteiger partial charge >= 0.3 is 33.1 Å². The fraction of sp³-hybridized carbons (Fsp3) is 0.714. The van der Waals surface area contributed by atoms with E-state index in [1.807, 2.05) is 0 Å². The van der Waals surface area contributed by atoms with Gasteiger partial charge in [0.1, 0.15) is 12.6 Å². The molecule has 0 aliphatic heterocycles. The number of rotatable bonds is 4. The summed E-state index contributed by atoms with van der Waals surface area (Å²) >= 11 is -3.12. The first-order valence-corrected chi connectivity index (χ1v) is 8.92. The Balaban J connectivity index is 0. The van der Waals surface area contributed by atoms with Crippen molar-refractivity contribution in [2.45, 2.75) is 30.7 Å². The number of carbonyl (C=O) groups is 2. The van der Waals surface area contributed by atoms with Gasteiger partial charge in [-0.05, 0) is 6.42 Å². The molecule has 0 aromatic rings. The van der Waals surface area contributed by atoms with Crippen LogP contribution in [0.15, 0.2) is 0 Å². The molecular formula is C7H15AsO4. The summed E-state index contributed by atoms with van der Waals surface area (Å²) in [5.41, 5.74) is 2.72. The maximum Gasteiger partial charge on any atom is 0.120 e. The van der Waals surface area contributed by atoms with E-state index < -0.39 is 13.8 Å². The molecule has 0 aromatic heterocycles. The van der Waals surface area contributed by atoms with Gasteiger partial charge in [0.2, 0.25) is 0 Å². The van der Waals surface area contributed by atoms with E-state index >= 15 is 0 Å². The predicted molar refractivity (Wildman–Crippen MR) is 46.4 cm³/mol. The van der Waals surface area contributed by atoms with E-state index in [0.29, 0.717) is 19.3 Å². The van der Waals surface area contributed by atoms with Crippen LogP contribution >= 0.6 is 0 Å². The van der Waals surface area contributed by atoms with Gasteiger partial charge < -0.3 is 9.59 Å². The first-order valence-electron chi connectivity index (χ1n) is 3.56. The van der Waals surface area contributed by atoms with Crippen molar-refractivity contribution in [3.8, 4) is 0 Å². The van der Waals surface area contributed by atoms with Crippen molar-refractivity contribution in [1.29, 1.82) is 0 Å². The zero-order valence-corrected chi connectivity index (χ0v) is 9.27. The molecular weight excluding hydrogens is 223 g/mol. The van der Waals surface area contributed by atoms with Crippen molar-refractivity contribution < 1.29 is 17.4 Å². The van der Waals surface area contributed by atoms with Crippen LogP contribution in [0, 0.1) is 0 Å². The third-order valence-electron chi connectivity index (χ3n) is 0.644. The summed E-state index contributed by atoms with van der Waals surface area (Å²) < 4.78 is 18.0. The van der Waals surface area contributed by atoms with Gasteiger partial charge in [-0.25, -0.2) is 0 Å². The molecule has 1 N–H and O–H groups in total. The maximum atomic E-state index is 9.83. The van der Waals surface area contributed by atoms with Gasteiger partial charge in [0.05, 0.1) is 0 Å². The smallest absolute Gasteiger partial charge is 0.120 e. The third kappa shape index (κ3) is 54.1. The summed E-state index contributed by atoms with van der Waals surface area (Å²) in [6, 6.07) is 0. The van der Waals surface area contributed by atoms with E-state index in [9.17, 15) is 13.3 Å². The van der Waals surface area contributed by atoms with Crippen LogP contribution in [-0.4, -0.2) is 30.5 Å². The monoisotopic (exact) mass is 238 g/mol. The standard InChI is InChI=1S/C5H8O2.C2H7AsO2/c6-4-2-1-3-5-7;1-3(2,4)5/h4-5H,1-3H2;1-2H3,(H,4,5). The first kappa shape index (κ1) is 14.2. The van der Waals surface area contributed by atoms with Crippen molar-refractivity contribution in [1.82, 2.24) is 0 Å². The molecule has 0 saturated carbocycles. The summed E-state index contributed by atoms with van der Waals surface area (Å²) in [7, 11) is 0. The molecule has 0 radical (unpaired) electrons. The summed E-state index contributed by atoms with van der Waals surface area (Å²) in [6.45, 7) is 0. The minimum absolute atomic E-state index is 0.513. The Morgan fingerprint density at radius 1 is 1.17 bits per heavy atom. The van der Waals surface area contributed by atoms with Crippen LogP contribution in [0.1, 0.15) is 19.3 Å². The Labute approximate surface area is 75.0 Å². The zero-order valence-electron chi connectivity index (χ0n) is 7.40. The van der Waals surface area contributed by atoms with Crippen LogP contribution in [0.2, 0.25) is 11.4 Å². The average Bonchev–Trinajstić information content (AvgIpc) is 1.85. The SMILES string of the molecule is C[As](C)(=O)O.O=CCCCC=O. The molecule has 0 fully saturated rings. The molecule has 5 heteroatoms. The van der Waals surface area contributed by atoms with Crippen LogP contribution in [-0.2, 0) is 13.3 Å². The van der Waals surface area contributed by atoms with Gasteiger partial charge in [0.15, 0.2) is 0 Å². The Morgan fingerprint density at radius 3 is 1.58 bits per heavy atom. The van der Waals surface area contributed by atoms with Gasteiger partial charge in [-0.2, -0.15) is 0 Å². The minimum Gasteiger partial charge on any atom is -0.303 e. The van der Waals surface area contributed by atoms with E-state index in [1.165, 1.54) is 11.4 Å². The molecule has 72 valence electrons. The second-order valence-corrected chi connectivity index (χ2v) is 7.99. The Hall–Kier alpha value is -0.342. The molecule has 12 heavy (non-hydrogen) atoms. The molecule has 0 saturated heterocycles. The van der Waals surface area contributed by atoms with E-state index in [2.05, 4.69) is 0 Å². The molecule has 0 aliphatic rings. The van der Waals surface area contributed by atoms with Gasteiger partial charge in [0, 0.05) is 12.8 Å². The van der Waals surface area contributed by atoms with Crippen LogP contribution < -0.4 is 0 Å². The molecule has 0 atom stereocenters. The molecule has 0 rings (SSSR count). The maximum absolute atomic E-state index is 9.83. The second kappa shape index (κ2) is 8.75. The zero-order chi connectivity index (χ0) is 10.0. The summed E-state index contributed by atoms with van der Waals surface area (Å²) in [6.07, 6.45) is 3.37. The van der Waals surface area contributed by atoms with E-state index in [1.54, 1.807) is 0 Å². The summed E-state index contributed by atoms with van der Waals surface area (Å²) in [5.74, 6) is 0. The van der Waals surface area contributed by atoms with Crippen LogP contribution in [0.5, 0.6) is 0 Å². The number of aldehydes is 2. The van der Waals surface area contributed by atoms with Crippen LogP contribution in [0.3, 0.4) is 0 Å². The van der Waals surface area contributed by atoms with Gasteiger partial charge in [0.25, 0.3) is 0 Å². The molecule has 0 heterocycles. The Bertz CT molecular complexity index is 145. The number of hydrogen-bond acceptors (Lipinski definition) is 3. The number of carbonyl (C=O) groups excluding carboxylic acids is 2. The molecule has 0 aromatic carbocycles. The molecule has 0 spiro atoms. The van der Waals surface area contributed by atoms with Crippen LogP contribution in [0.4, 0.5) is 0 Å². The van der Waals surface area contributed by atoms with Crippen LogP contribution in [0.25, 0.3) is 0 Å². The van der Waals surface area contributed by atoms with Crippen molar-refractivity contribution in [2.24, 2.45) is 0 Å². The van der Waals surface area contributed by atoms with Crippen molar-refractivity contribution in [3.05, 3.63) is 0 Å². The molecule has 0 aliphatic carbocycles. The normalized spacial score (nSPS) is 9.58. The van der Waals surface area contributed by atoms with Gasteiger partial charge in [-0.3, -0.25) is 0 Å².